The van der Waals surface area contributed by atoms with E-state index in [1.807, 2.05) is 0 Å². The van der Waals surface area contributed by atoms with Crippen LogP contribution in [-0.2, 0) is 0 Å². The van der Waals surface area contributed by atoms with Crippen molar-refractivity contribution in [1.29, 1.82) is 0 Å². The lowest BCUT2D eigenvalue weighted by Crippen LogP contribution is -2.23. The zero-order valence-corrected chi connectivity index (χ0v) is 9.05. The first-order valence-electron chi connectivity index (χ1n) is 6.00. The number of hydrogen-bond donors (Lipinski definition) is 0. The van der Waals surface area contributed by atoms with Gasteiger partial charge < -0.3 is 0 Å². The van der Waals surface area contributed by atoms with Crippen LogP contribution in [0.15, 0.2) is 12.2 Å². The molecule has 0 saturated heterocycles. The van der Waals surface area contributed by atoms with Crippen molar-refractivity contribution in [3.63, 3.8) is 0 Å². The third-order valence-electron chi connectivity index (χ3n) is 4.27. The fraction of sp³-hybridized carbons (Fsp3) is 0.846. The molecule has 0 aromatic heterocycles. The van der Waals surface area contributed by atoms with Gasteiger partial charge in [-0.15, -0.1) is 0 Å². The van der Waals surface area contributed by atoms with Crippen LogP contribution in [0.25, 0.3) is 0 Å². The van der Waals surface area contributed by atoms with Crippen molar-refractivity contribution in [2.75, 3.05) is 0 Å². The Kier molecular flexibility index (Phi) is 2.49. The van der Waals surface area contributed by atoms with Gasteiger partial charge in [-0.2, -0.15) is 0 Å². The standard InChI is InChI=1S/C13H22/c1-3-5-12(4-2)13-8-6-11(10-13)7-9-13/h6,8,11-12H,3-5,7,9-10H2,1-2H3. The second-order valence-electron chi connectivity index (χ2n) is 4.99. The molecule has 2 rings (SSSR count). The van der Waals surface area contributed by atoms with E-state index >= 15 is 0 Å². The summed E-state index contributed by atoms with van der Waals surface area (Å²) in [6.45, 7) is 4.69. The maximum absolute atomic E-state index is 2.56. The molecule has 0 aromatic rings. The van der Waals surface area contributed by atoms with Gasteiger partial charge in [0.2, 0.25) is 0 Å². The molecule has 2 aliphatic carbocycles. The minimum Gasteiger partial charge on any atom is -0.0848 e. The van der Waals surface area contributed by atoms with Crippen LogP contribution in [0, 0.1) is 17.3 Å². The Labute approximate surface area is 82.4 Å². The summed E-state index contributed by atoms with van der Waals surface area (Å²) in [5, 5.41) is 0. The van der Waals surface area contributed by atoms with E-state index in [9.17, 15) is 0 Å². The molecule has 1 fully saturated rings. The molecule has 0 heterocycles. The molecule has 0 radical (unpaired) electrons. The number of hydrogen-bond acceptors (Lipinski definition) is 0. The second kappa shape index (κ2) is 3.48. The van der Waals surface area contributed by atoms with Crippen LogP contribution in [0.5, 0.6) is 0 Å². The Balaban J connectivity index is 2.08. The van der Waals surface area contributed by atoms with E-state index in [1.165, 1.54) is 38.5 Å². The van der Waals surface area contributed by atoms with Crippen LogP contribution >= 0.6 is 0 Å². The third kappa shape index (κ3) is 1.45. The lowest BCUT2D eigenvalue weighted by Gasteiger charge is -2.33. The second-order valence-corrected chi connectivity index (χ2v) is 4.99. The lowest BCUT2D eigenvalue weighted by molar-refractivity contribution is 0.216. The first-order chi connectivity index (χ1) is 6.30. The minimum atomic E-state index is 0.648. The molecule has 0 heteroatoms. The summed E-state index contributed by atoms with van der Waals surface area (Å²) in [4.78, 5) is 0. The average Bonchev–Trinajstić information content (AvgIpc) is 2.74. The van der Waals surface area contributed by atoms with E-state index in [0.29, 0.717) is 5.41 Å². The Morgan fingerprint density at radius 3 is 2.69 bits per heavy atom. The number of fused-ring (bicyclic) bond motifs is 2. The summed E-state index contributed by atoms with van der Waals surface area (Å²) in [6.07, 6.45) is 13.7. The zero-order valence-electron chi connectivity index (χ0n) is 9.05. The van der Waals surface area contributed by atoms with Crippen molar-refractivity contribution in [3.05, 3.63) is 12.2 Å². The maximum atomic E-state index is 2.56. The van der Waals surface area contributed by atoms with Gasteiger partial charge in [-0.25, -0.2) is 0 Å². The summed E-state index contributed by atoms with van der Waals surface area (Å²) in [6, 6.07) is 0. The average molecular weight is 178 g/mol. The molecule has 0 aliphatic heterocycles. The van der Waals surface area contributed by atoms with E-state index in [4.69, 9.17) is 0 Å². The Hall–Kier alpha value is -0.260. The summed E-state index contributed by atoms with van der Waals surface area (Å²) in [5.74, 6) is 1.92. The van der Waals surface area contributed by atoms with Gasteiger partial charge in [-0.3, -0.25) is 0 Å². The largest absolute Gasteiger partial charge is 0.0848 e. The van der Waals surface area contributed by atoms with Gasteiger partial charge in [-0.05, 0) is 42.9 Å². The molecule has 0 amide bonds. The van der Waals surface area contributed by atoms with Gasteiger partial charge in [0.15, 0.2) is 0 Å². The molecule has 74 valence electrons. The summed E-state index contributed by atoms with van der Waals surface area (Å²) < 4.78 is 0. The molecule has 3 atom stereocenters. The Morgan fingerprint density at radius 2 is 2.31 bits per heavy atom. The monoisotopic (exact) mass is 178 g/mol. The molecule has 1 saturated carbocycles. The van der Waals surface area contributed by atoms with Crippen molar-refractivity contribution in [2.24, 2.45) is 17.3 Å². The number of allylic oxidation sites excluding steroid dienone is 2. The molecule has 0 N–H and O–H groups in total. The predicted molar refractivity (Wildman–Crippen MR) is 57.6 cm³/mol. The molecule has 3 unspecified atom stereocenters. The SMILES string of the molecule is CCCC(CC)C12C=CC(CC1)C2. The molecular formula is C13H22. The highest BCUT2D eigenvalue weighted by atomic mass is 14.5. The van der Waals surface area contributed by atoms with E-state index in [2.05, 4.69) is 26.0 Å². The first kappa shape index (κ1) is 9.30. The smallest absolute Gasteiger partial charge is 0.00842 e. The van der Waals surface area contributed by atoms with Crippen LogP contribution in [0.4, 0.5) is 0 Å². The normalized spacial score (nSPS) is 38.5. The van der Waals surface area contributed by atoms with E-state index in [1.54, 1.807) is 0 Å². The van der Waals surface area contributed by atoms with Crippen LogP contribution in [0.1, 0.15) is 52.4 Å². The molecule has 0 spiro atoms. The first-order valence-corrected chi connectivity index (χ1v) is 6.00. The minimum absolute atomic E-state index is 0.648. The number of rotatable bonds is 4. The van der Waals surface area contributed by atoms with Crippen LogP contribution in [-0.4, -0.2) is 0 Å². The van der Waals surface area contributed by atoms with Crippen LogP contribution < -0.4 is 0 Å². The van der Waals surface area contributed by atoms with E-state index in [-0.39, 0.29) is 0 Å². The summed E-state index contributed by atoms with van der Waals surface area (Å²) in [5.41, 5.74) is 0.648. The molecule has 2 aliphatic rings. The van der Waals surface area contributed by atoms with Gasteiger partial charge in [0.1, 0.15) is 0 Å². The van der Waals surface area contributed by atoms with Crippen molar-refractivity contribution in [3.8, 4) is 0 Å². The van der Waals surface area contributed by atoms with Gasteiger partial charge in [0, 0.05) is 0 Å². The van der Waals surface area contributed by atoms with Gasteiger partial charge in [0.25, 0.3) is 0 Å². The Morgan fingerprint density at radius 1 is 1.46 bits per heavy atom. The van der Waals surface area contributed by atoms with Gasteiger partial charge in [0.05, 0.1) is 0 Å². The lowest BCUT2D eigenvalue weighted by atomic mass is 9.72. The van der Waals surface area contributed by atoms with E-state index < -0.39 is 0 Å². The zero-order chi connectivity index (χ0) is 9.31. The topological polar surface area (TPSA) is 0 Å². The van der Waals surface area contributed by atoms with Crippen molar-refractivity contribution in [2.45, 2.75) is 52.4 Å². The fourth-order valence-electron chi connectivity index (χ4n) is 3.54. The van der Waals surface area contributed by atoms with E-state index in [0.717, 1.165) is 11.8 Å². The van der Waals surface area contributed by atoms with Crippen LogP contribution in [0.3, 0.4) is 0 Å². The highest BCUT2D eigenvalue weighted by molar-refractivity contribution is 5.17. The summed E-state index contributed by atoms with van der Waals surface area (Å²) in [7, 11) is 0. The highest BCUT2D eigenvalue weighted by Gasteiger charge is 2.44. The fourth-order valence-corrected chi connectivity index (χ4v) is 3.54. The van der Waals surface area contributed by atoms with Crippen molar-refractivity contribution in [1.82, 2.24) is 0 Å². The molecular weight excluding hydrogens is 156 g/mol. The molecule has 0 nitrogen and oxygen atoms in total. The maximum Gasteiger partial charge on any atom is -0.00842 e. The van der Waals surface area contributed by atoms with Gasteiger partial charge >= 0.3 is 0 Å². The quantitative estimate of drug-likeness (QED) is 0.567. The van der Waals surface area contributed by atoms with Crippen LogP contribution in [0.2, 0.25) is 0 Å². The van der Waals surface area contributed by atoms with Crippen molar-refractivity contribution < 1.29 is 0 Å². The van der Waals surface area contributed by atoms with Gasteiger partial charge in [-0.1, -0.05) is 38.8 Å². The Bertz CT molecular complexity index is 204. The van der Waals surface area contributed by atoms with Crippen molar-refractivity contribution >= 4 is 0 Å². The molecule has 13 heavy (non-hydrogen) atoms. The summed E-state index contributed by atoms with van der Waals surface area (Å²) >= 11 is 0. The molecule has 2 bridgehead atoms. The third-order valence-corrected chi connectivity index (χ3v) is 4.27. The molecule has 0 aromatic carbocycles. The predicted octanol–water partition coefficient (Wildman–Crippen LogP) is 4.17. The highest BCUT2D eigenvalue weighted by Crippen LogP contribution is 2.55.